The maximum atomic E-state index is 4.35. The quantitative estimate of drug-likeness (QED) is 0.867. The molecule has 1 saturated carbocycles. The Hall–Kier alpha value is 0.130. The van der Waals surface area contributed by atoms with Crippen LogP contribution in [0.3, 0.4) is 0 Å². The number of hydrogen-bond donors (Lipinski definition) is 1. The molecule has 2 aliphatic rings. The first kappa shape index (κ1) is 18.2. The van der Waals surface area contributed by atoms with Gasteiger partial charge >= 0.3 is 0 Å². The Bertz CT molecular complexity index is 409. The van der Waals surface area contributed by atoms with Crippen LogP contribution in [-0.4, -0.2) is 36.1 Å². The molecule has 1 aliphatic heterocycles. The fourth-order valence-corrected chi connectivity index (χ4v) is 3.47. The minimum atomic E-state index is 0. The lowest BCUT2D eigenvalue weighted by Crippen LogP contribution is -2.47. The van der Waals surface area contributed by atoms with Gasteiger partial charge < -0.3 is 5.32 Å². The van der Waals surface area contributed by atoms with E-state index in [2.05, 4.69) is 43.4 Å². The van der Waals surface area contributed by atoms with Gasteiger partial charge in [-0.2, -0.15) is 0 Å². The van der Waals surface area contributed by atoms with Crippen LogP contribution in [-0.2, 0) is 0 Å². The summed E-state index contributed by atoms with van der Waals surface area (Å²) in [6.45, 7) is 4.55. The summed E-state index contributed by atoms with van der Waals surface area (Å²) in [6.07, 6.45) is 8.08. The summed E-state index contributed by atoms with van der Waals surface area (Å²) in [6, 6.07) is 2.82. The van der Waals surface area contributed by atoms with E-state index in [9.17, 15) is 0 Å². The Morgan fingerprint density at radius 1 is 1.20 bits per heavy atom. The van der Waals surface area contributed by atoms with E-state index in [1.807, 2.05) is 6.20 Å². The van der Waals surface area contributed by atoms with Crippen LogP contribution in [0.4, 0.5) is 0 Å². The van der Waals surface area contributed by atoms with Gasteiger partial charge in [0, 0.05) is 49.1 Å². The lowest BCUT2D eigenvalue weighted by Gasteiger charge is -2.43. The van der Waals surface area contributed by atoms with Gasteiger partial charge in [0.15, 0.2) is 0 Å². The van der Waals surface area contributed by atoms with Gasteiger partial charge in [0.25, 0.3) is 0 Å². The maximum Gasteiger partial charge on any atom is 0.0410 e. The highest BCUT2D eigenvalue weighted by Gasteiger charge is 2.33. The van der Waals surface area contributed by atoms with Crippen LogP contribution in [0.1, 0.15) is 30.9 Å². The zero-order valence-electron chi connectivity index (χ0n) is 11.4. The van der Waals surface area contributed by atoms with E-state index in [1.54, 1.807) is 0 Å². The lowest BCUT2D eigenvalue weighted by atomic mass is 9.76. The largest absolute Gasteiger partial charge is 0.314 e. The van der Waals surface area contributed by atoms with E-state index in [0.717, 1.165) is 36.6 Å². The molecule has 3 nitrogen and oxygen atoms in total. The topological polar surface area (TPSA) is 28.2 Å². The number of aromatic nitrogens is 1. The van der Waals surface area contributed by atoms with Crippen LogP contribution in [0.25, 0.3) is 0 Å². The fourth-order valence-electron chi connectivity index (χ4n) is 3.09. The summed E-state index contributed by atoms with van der Waals surface area (Å²) in [5.74, 6) is 0.833. The average molecular weight is 383 g/mol. The highest BCUT2D eigenvalue weighted by atomic mass is 79.9. The fraction of sp³-hybridized carbons (Fsp3) is 0.643. The van der Waals surface area contributed by atoms with Crippen LogP contribution in [0, 0.1) is 5.92 Å². The van der Waals surface area contributed by atoms with E-state index >= 15 is 0 Å². The summed E-state index contributed by atoms with van der Waals surface area (Å²) in [7, 11) is 0. The van der Waals surface area contributed by atoms with E-state index in [0.29, 0.717) is 6.04 Å². The third-order valence-corrected chi connectivity index (χ3v) is 4.64. The van der Waals surface area contributed by atoms with Gasteiger partial charge in [-0.3, -0.25) is 9.88 Å². The van der Waals surface area contributed by atoms with E-state index in [1.165, 1.54) is 24.8 Å². The van der Waals surface area contributed by atoms with Crippen molar-refractivity contribution in [2.45, 2.75) is 25.3 Å². The van der Waals surface area contributed by atoms with Crippen molar-refractivity contribution in [2.24, 2.45) is 5.92 Å². The van der Waals surface area contributed by atoms with Gasteiger partial charge in [0.2, 0.25) is 0 Å². The first-order valence-corrected chi connectivity index (χ1v) is 7.69. The van der Waals surface area contributed by atoms with Crippen LogP contribution in [0.2, 0.25) is 0 Å². The SMILES string of the molecule is Brc1cncc([C@H](C2CCC2)N2CCNCC2)c1.Cl.Cl. The molecule has 2 heterocycles. The zero-order valence-corrected chi connectivity index (χ0v) is 14.6. The summed E-state index contributed by atoms with van der Waals surface area (Å²) in [5.41, 5.74) is 1.39. The summed E-state index contributed by atoms with van der Waals surface area (Å²) >= 11 is 3.55. The van der Waals surface area contributed by atoms with E-state index in [4.69, 9.17) is 0 Å². The molecule has 1 aromatic rings. The number of rotatable bonds is 3. The standard InChI is InChI=1S/C14H20BrN3.2ClH/c15-13-8-12(9-17-10-13)14(11-2-1-3-11)18-6-4-16-5-7-18;;/h8-11,14,16H,1-7H2;2*1H/t14-;;/m0../s1. The van der Waals surface area contributed by atoms with Crippen molar-refractivity contribution in [3.05, 3.63) is 28.5 Å². The molecule has 0 bridgehead atoms. The normalized spacial score (nSPS) is 21.2. The molecule has 114 valence electrons. The summed E-state index contributed by atoms with van der Waals surface area (Å²) in [4.78, 5) is 6.99. The van der Waals surface area contributed by atoms with Crippen molar-refractivity contribution < 1.29 is 0 Å². The number of nitrogens with one attached hydrogen (secondary N) is 1. The maximum absolute atomic E-state index is 4.35. The molecule has 3 rings (SSSR count). The molecule has 1 N–H and O–H groups in total. The van der Waals surface area contributed by atoms with Crippen molar-refractivity contribution >= 4 is 40.7 Å². The van der Waals surface area contributed by atoms with Crippen molar-refractivity contribution in [1.29, 1.82) is 0 Å². The predicted molar refractivity (Wildman–Crippen MR) is 91.0 cm³/mol. The molecule has 2 fully saturated rings. The highest BCUT2D eigenvalue weighted by molar-refractivity contribution is 9.10. The molecule has 0 spiro atoms. The molecule has 0 aromatic carbocycles. The molecule has 20 heavy (non-hydrogen) atoms. The predicted octanol–water partition coefficient (Wildman–Crippen LogP) is 3.43. The van der Waals surface area contributed by atoms with E-state index in [-0.39, 0.29) is 24.8 Å². The number of piperazine rings is 1. The van der Waals surface area contributed by atoms with Gasteiger partial charge in [-0.05, 0) is 46.3 Å². The molecule has 1 aliphatic carbocycles. The van der Waals surface area contributed by atoms with Crippen LogP contribution in [0.5, 0.6) is 0 Å². The second-order valence-corrected chi connectivity index (χ2v) is 6.27. The van der Waals surface area contributed by atoms with Crippen molar-refractivity contribution in [3.8, 4) is 0 Å². The van der Waals surface area contributed by atoms with Crippen molar-refractivity contribution in [1.82, 2.24) is 15.2 Å². The number of hydrogen-bond acceptors (Lipinski definition) is 3. The van der Waals surface area contributed by atoms with Gasteiger partial charge in [-0.25, -0.2) is 0 Å². The molecule has 0 amide bonds. The van der Waals surface area contributed by atoms with Crippen molar-refractivity contribution in [3.63, 3.8) is 0 Å². The highest BCUT2D eigenvalue weighted by Crippen LogP contribution is 2.41. The second kappa shape index (κ2) is 8.54. The monoisotopic (exact) mass is 381 g/mol. The molecule has 1 atom stereocenters. The second-order valence-electron chi connectivity index (χ2n) is 5.36. The van der Waals surface area contributed by atoms with Gasteiger partial charge in [-0.1, -0.05) is 6.42 Å². The Morgan fingerprint density at radius 2 is 1.90 bits per heavy atom. The Morgan fingerprint density at radius 3 is 2.45 bits per heavy atom. The molecular weight excluding hydrogens is 361 g/mol. The van der Waals surface area contributed by atoms with Crippen LogP contribution in [0.15, 0.2) is 22.9 Å². The molecule has 6 heteroatoms. The third kappa shape index (κ3) is 4.08. The Labute approximate surface area is 141 Å². The summed E-state index contributed by atoms with van der Waals surface area (Å²) < 4.78 is 1.10. The molecule has 1 saturated heterocycles. The zero-order chi connectivity index (χ0) is 12.4. The molecule has 1 aromatic heterocycles. The first-order valence-electron chi connectivity index (χ1n) is 6.90. The molecular formula is C14H22BrCl2N3. The number of nitrogens with zero attached hydrogens (tertiary/aromatic N) is 2. The minimum Gasteiger partial charge on any atom is -0.314 e. The first-order chi connectivity index (χ1) is 8.84. The Kier molecular flexibility index (Phi) is 7.77. The summed E-state index contributed by atoms with van der Waals surface area (Å²) in [5, 5.41) is 3.44. The Balaban J connectivity index is 0.000001000. The third-order valence-electron chi connectivity index (χ3n) is 4.21. The van der Waals surface area contributed by atoms with E-state index < -0.39 is 0 Å². The molecule has 0 unspecified atom stereocenters. The van der Waals surface area contributed by atoms with Gasteiger partial charge in [0.05, 0.1) is 0 Å². The van der Waals surface area contributed by atoms with Crippen LogP contribution < -0.4 is 5.32 Å². The lowest BCUT2D eigenvalue weighted by molar-refractivity contribution is 0.0834. The molecule has 0 radical (unpaired) electrons. The number of pyridine rings is 1. The van der Waals surface area contributed by atoms with Gasteiger partial charge in [0.1, 0.15) is 0 Å². The smallest absolute Gasteiger partial charge is 0.0410 e. The van der Waals surface area contributed by atoms with Crippen molar-refractivity contribution in [2.75, 3.05) is 26.2 Å². The minimum absolute atomic E-state index is 0. The number of halogens is 3. The van der Waals surface area contributed by atoms with Crippen LogP contribution >= 0.6 is 40.7 Å². The average Bonchev–Trinajstić information content (AvgIpc) is 2.34. The van der Waals surface area contributed by atoms with Gasteiger partial charge in [-0.15, -0.1) is 24.8 Å².